The number of halogens is 4. The molecule has 0 fully saturated rings. The Morgan fingerprint density at radius 2 is 1.95 bits per heavy atom. The first kappa shape index (κ1) is 15.8. The summed E-state index contributed by atoms with van der Waals surface area (Å²) in [4.78, 5) is 3.82. The van der Waals surface area contributed by atoms with Crippen LogP contribution in [0.3, 0.4) is 0 Å². The van der Waals surface area contributed by atoms with E-state index in [0.29, 0.717) is 10.6 Å². The summed E-state index contributed by atoms with van der Waals surface area (Å²) in [5, 5.41) is 3.41. The molecule has 0 aliphatic carbocycles. The van der Waals surface area contributed by atoms with Gasteiger partial charge in [-0.1, -0.05) is 23.7 Å². The van der Waals surface area contributed by atoms with Crippen molar-refractivity contribution in [1.29, 1.82) is 0 Å². The molecule has 0 aliphatic heterocycles. The highest BCUT2D eigenvalue weighted by atomic mass is 35.5. The fourth-order valence-electron chi connectivity index (χ4n) is 2.19. The molecule has 0 radical (unpaired) electrons. The fourth-order valence-corrected chi connectivity index (χ4v) is 2.37. The SMILES string of the molecule is CNC(c1ccc(C)c(Cl)c1)c1cnccc1C(F)(F)F. The van der Waals surface area contributed by atoms with Gasteiger partial charge in [0.1, 0.15) is 0 Å². The first-order valence-corrected chi connectivity index (χ1v) is 6.67. The van der Waals surface area contributed by atoms with E-state index >= 15 is 0 Å². The molecule has 6 heteroatoms. The van der Waals surface area contributed by atoms with Gasteiger partial charge in [-0.2, -0.15) is 13.2 Å². The highest BCUT2D eigenvalue weighted by Crippen LogP contribution is 2.36. The van der Waals surface area contributed by atoms with Crippen LogP contribution in [0.15, 0.2) is 36.7 Å². The van der Waals surface area contributed by atoms with Gasteiger partial charge in [-0.25, -0.2) is 0 Å². The van der Waals surface area contributed by atoms with Crippen LogP contribution in [0, 0.1) is 6.92 Å². The normalized spacial score (nSPS) is 13.2. The molecule has 2 nitrogen and oxygen atoms in total. The van der Waals surface area contributed by atoms with Gasteiger partial charge in [0, 0.05) is 23.0 Å². The summed E-state index contributed by atoms with van der Waals surface area (Å²) >= 11 is 6.07. The lowest BCUT2D eigenvalue weighted by molar-refractivity contribution is -0.138. The van der Waals surface area contributed by atoms with E-state index < -0.39 is 17.8 Å². The second-order valence-electron chi connectivity index (χ2n) is 4.69. The summed E-state index contributed by atoms with van der Waals surface area (Å²) in [6, 6.07) is 5.57. The van der Waals surface area contributed by atoms with Crippen molar-refractivity contribution in [1.82, 2.24) is 10.3 Å². The van der Waals surface area contributed by atoms with Crippen molar-refractivity contribution in [2.24, 2.45) is 0 Å². The summed E-state index contributed by atoms with van der Waals surface area (Å²) < 4.78 is 39.4. The molecule has 0 spiro atoms. The minimum Gasteiger partial charge on any atom is -0.309 e. The summed E-state index contributed by atoms with van der Waals surface area (Å²) in [6.07, 6.45) is -2.05. The molecule has 0 saturated carbocycles. The van der Waals surface area contributed by atoms with E-state index in [0.717, 1.165) is 17.8 Å². The lowest BCUT2D eigenvalue weighted by Gasteiger charge is -2.21. The van der Waals surface area contributed by atoms with Gasteiger partial charge in [0.05, 0.1) is 11.6 Å². The second kappa shape index (κ2) is 6.03. The molecule has 0 bridgehead atoms. The van der Waals surface area contributed by atoms with Gasteiger partial charge in [-0.05, 0) is 37.2 Å². The molecular weight excluding hydrogens is 301 g/mol. The Bertz CT molecular complexity index is 641. The Labute approximate surface area is 126 Å². The summed E-state index contributed by atoms with van der Waals surface area (Å²) in [5.41, 5.74) is 0.907. The molecule has 112 valence electrons. The van der Waals surface area contributed by atoms with E-state index in [-0.39, 0.29) is 5.56 Å². The predicted molar refractivity (Wildman–Crippen MR) is 76.3 cm³/mol. The first-order valence-electron chi connectivity index (χ1n) is 6.29. The lowest BCUT2D eigenvalue weighted by Crippen LogP contribution is -2.22. The van der Waals surface area contributed by atoms with Gasteiger partial charge in [0.2, 0.25) is 0 Å². The van der Waals surface area contributed by atoms with Crippen molar-refractivity contribution < 1.29 is 13.2 Å². The smallest absolute Gasteiger partial charge is 0.309 e. The molecule has 1 N–H and O–H groups in total. The van der Waals surface area contributed by atoms with E-state index in [1.54, 1.807) is 25.2 Å². The van der Waals surface area contributed by atoms with Crippen molar-refractivity contribution in [3.63, 3.8) is 0 Å². The number of benzene rings is 1. The summed E-state index contributed by atoms with van der Waals surface area (Å²) in [7, 11) is 1.60. The Morgan fingerprint density at radius 3 is 2.52 bits per heavy atom. The van der Waals surface area contributed by atoms with Gasteiger partial charge in [-0.3, -0.25) is 4.98 Å². The van der Waals surface area contributed by atoms with Gasteiger partial charge < -0.3 is 5.32 Å². The average molecular weight is 315 g/mol. The van der Waals surface area contributed by atoms with E-state index in [2.05, 4.69) is 10.3 Å². The molecule has 0 amide bonds. The number of aromatic nitrogens is 1. The third-order valence-corrected chi connectivity index (χ3v) is 3.69. The Balaban J connectivity index is 2.54. The Kier molecular flexibility index (Phi) is 4.54. The average Bonchev–Trinajstić information content (AvgIpc) is 2.43. The highest BCUT2D eigenvalue weighted by molar-refractivity contribution is 6.31. The topological polar surface area (TPSA) is 24.9 Å². The predicted octanol–water partition coefficient (Wildman–Crippen LogP) is 4.37. The number of rotatable bonds is 3. The molecule has 1 atom stereocenters. The quantitative estimate of drug-likeness (QED) is 0.910. The number of nitrogens with one attached hydrogen (secondary N) is 1. The number of nitrogens with zero attached hydrogens (tertiary/aromatic N) is 1. The molecule has 2 aromatic rings. The first-order chi connectivity index (χ1) is 9.84. The molecular formula is C15H14ClF3N2. The van der Waals surface area contributed by atoms with Gasteiger partial charge in [-0.15, -0.1) is 0 Å². The molecule has 2 rings (SSSR count). The minimum absolute atomic E-state index is 0.0763. The molecule has 1 unspecified atom stereocenters. The monoisotopic (exact) mass is 314 g/mol. The molecule has 0 aliphatic rings. The van der Waals surface area contributed by atoms with E-state index in [1.807, 2.05) is 6.92 Å². The number of aryl methyl sites for hydroxylation is 1. The number of hydrogen-bond donors (Lipinski definition) is 1. The summed E-state index contributed by atoms with van der Waals surface area (Å²) in [5.74, 6) is 0. The van der Waals surface area contributed by atoms with Crippen LogP contribution < -0.4 is 5.32 Å². The van der Waals surface area contributed by atoms with Crippen LogP contribution in [0.1, 0.15) is 28.3 Å². The van der Waals surface area contributed by atoms with Crippen LogP contribution in [0.25, 0.3) is 0 Å². The zero-order valence-electron chi connectivity index (χ0n) is 11.5. The minimum atomic E-state index is -4.43. The maximum atomic E-state index is 13.1. The largest absolute Gasteiger partial charge is 0.416 e. The molecule has 1 aromatic carbocycles. The number of hydrogen-bond acceptors (Lipinski definition) is 2. The Morgan fingerprint density at radius 1 is 1.24 bits per heavy atom. The maximum Gasteiger partial charge on any atom is 0.416 e. The van der Waals surface area contributed by atoms with Crippen molar-refractivity contribution in [3.05, 3.63) is 63.9 Å². The summed E-state index contributed by atoms with van der Waals surface area (Å²) in [6.45, 7) is 1.84. The zero-order chi connectivity index (χ0) is 15.6. The van der Waals surface area contributed by atoms with Crippen LogP contribution in [0.5, 0.6) is 0 Å². The standard InChI is InChI=1S/C15H14ClF3N2/c1-9-3-4-10(7-13(9)16)14(20-2)11-8-21-6-5-12(11)15(17,18)19/h3-8,14,20H,1-2H3. The Hall–Kier alpha value is -1.59. The van der Waals surface area contributed by atoms with Crippen LogP contribution in [-0.2, 0) is 6.18 Å². The van der Waals surface area contributed by atoms with E-state index in [1.165, 1.54) is 6.20 Å². The van der Waals surface area contributed by atoms with E-state index in [4.69, 9.17) is 11.6 Å². The van der Waals surface area contributed by atoms with Crippen molar-refractivity contribution in [2.75, 3.05) is 7.05 Å². The third-order valence-electron chi connectivity index (χ3n) is 3.29. The van der Waals surface area contributed by atoms with Crippen LogP contribution in [-0.4, -0.2) is 12.0 Å². The highest BCUT2D eigenvalue weighted by Gasteiger charge is 2.35. The van der Waals surface area contributed by atoms with Crippen molar-refractivity contribution >= 4 is 11.6 Å². The number of alkyl halides is 3. The lowest BCUT2D eigenvalue weighted by atomic mass is 9.95. The van der Waals surface area contributed by atoms with Gasteiger partial charge in [0.25, 0.3) is 0 Å². The fraction of sp³-hybridized carbons (Fsp3) is 0.267. The van der Waals surface area contributed by atoms with Gasteiger partial charge in [0.15, 0.2) is 0 Å². The molecule has 1 aromatic heterocycles. The van der Waals surface area contributed by atoms with Crippen LogP contribution >= 0.6 is 11.6 Å². The van der Waals surface area contributed by atoms with Crippen molar-refractivity contribution in [2.45, 2.75) is 19.1 Å². The third kappa shape index (κ3) is 3.36. The molecule has 1 heterocycles. The maximum absolute atomic E-state index is 13.1. The van der Waals surface area contributed by atoms with Gasteiger partial charge >= 0.3 is 6.18 Å². The zero-order valence-corrected chi connectivity index (χ0v) is 12.3. The molecule has 21 heavy (non-hydrogen) atoms. The van der Waals surface area contributed by atoms with Crippen molar-refractivity contribution in [3.8, 4) is 0 Å². The number of pyridine rings is 1. The van der Waals surface area contributed by atoms with Crippen LogP contribution in [0.4, 0.5) is 13.2 Å². The molecule has 0 saturated heterocycles. The second-order valence-corrected chi connectivity index (χ2v) is 5.10. The van der Waals surface area contributed by atoms with Crippen LogP contribution in [0.2, 0.25) is 5.02 Å². The van der Waals surface area contributed by atoms with E-state index in [9.17, 15) is 13.2 Å².